The number of anilines is 2. The van der Waals surface area contributed by atoms with E-state index in [-0.39, 0.29) is 23.9 Å². The van der Waals surface area contributed by atoms with Gasteiger partial charge in [0.15, 0.2) is 0 Å². The molecule has 1 heterocycles. The summed E-state index contributed by atoms with van der Waals surface area (Å²) in [4.78, 5) is 13.9. The number of aliphatic hydroxyl groups excluding tert-OH is 1. The minimum Gasteiger partial charge on any atom is -0.394 e. The third-order valence-electron chi connectivity index (χ3n) is 2.31. The van der Waals surface area contributed by atoms with E-state index in [0.717, 1.165) is 0 Å². The van der Waals surface area contributed by atoms with Gasteiger partial charge in [0.2, 0.25) is 17.2 Å². The predicted molar refractivity (Wildman–Crippen MR) is 68.5 cm³/mol. The van der Waals surface area contributed by atoms with Gasteiger partial charge >= 0.3 is 0 Å². The van der Waals surface area contributed by atoms with Gasteiger partial charge in [-0.15, -0.1) is 0 Å². The normalized spacial score (nSPS) is 12.6. The van der Waals surface area contributed by atoms with Crippen molar-refractivity contribution in [2.75, 3.05) is 30.9 Å². The first-order chi connectivity index (χ1) is 7.93. The van der Waals surface area contributed by atoms with Crippen LogP contribution in [0.25, 0.3) is 0 Å². The van der Waals surface area contributed by atoms with E-state index >= 15 is 0 Å². The molecule has 0 radical (unpaired) electrons. The lowest BCUT2D eigenvalue weighted by Gasteiger charge is -2.20. The molecule has 0 aliphatic rings. The maximum absolute atomic E-state index is 9.23. The Balaban J connectivity index is 2.90. The highest BCUT2D eigenvalue weighted by atomic mass is 35.5. The number of halogens is 1. The van der Waals surface area contributed by atoms with Gasteiger partial charge in [0.1, 0.15) is 0 Å². The molecule has 0 amide bonds. The molecule has 1 atom stereocenters. The number of aromatic nitrogens is 3. The van der Waals surface area contributed by atoms with Crippen molar-refractivity contribution in [3.63, 3.8) is 0 Å². The average molecular weight is 260 g/mol. The van der Waals surface area contributed by atoms with Gasteiger partial charge in [-0.1, -0.05) is 13.8 Å². The Morgan fingerprint density at radius 1 is 1.29 bits per heavy atom. The summed E-state index contributed by atoms with van der Waals surface area (Å²) in [5, 5.41) is 12.4. The number of aliphatic hydroxyl groups is 1. The van der Waals surface area contributed by atoms with Crippen LogP contribution in [0.15, 0.2) is 0 Å². The Kier molecular flexibility index (Phi) is 4.89. The molecule has 1 rings (SSSR count). The van der Waals surface area contributed by atoms with Crippen LogP contribution in [0.1, 0.15) is 13.8 Å². The summed E-state index contributed by atoms with van der Waals surface area (Å²) in [5.41, 5.74) is 0. The van der Waals surface area contributed by atoms with Gasteiger partial charge < -0.3 is 15.3 Å². The van der Waals surface area contributed by atoms with Gasteiger partial charge in [0.05, 0.1) is 12.6 Å². The molecule has 6 nitrogen and oxygen atoms in total. The van der Waals surface area contributed by atoms with Crippen molar-refractivity contribution in [2.45, 2.75) is 19.9 Å². The largest absolute Gasteiger partial charge is 0.394 e. The first kappa shape index (κ1) is 13.9. The monoisotopic (exact) mass is 259 g/mol. The highest BCUT2D eigenvalue weighted by molar-refractivity contribution is 6.28. The molecule has 2 N–H and O–H groups in total. The predicted octanol–water partition coefficient (Wildman–Crippen LogP) is 1.02. The van der Waals surface area contributed by atoms with E-state index < -0.39 is 0 Å². The van der Waals surface area contributed by atoms with Gasteiger partial charge in [-0.2, -0.15) is 15.0 Å². The van der Waals surface area contributed by atoms with Crippen LogP contribution >= 0.6 is 11.6 Å². The van der Waals surface area contributed by atoms with Gasteiger partial charge in [0, 0.05) is 14.1 Å². The minimum atomic E-state index is -0.108. The standard InChI is InChI=1S/C10H18ClN5O/c1-6(2)7(5-17)12-9-13-8(11)14-10(15-9)16(3)4/h6-7,17H,5H2,1-4H3,(H,12,13,14,15)/t7-/m1/s1. The van der Waals surface area contributed by atoms with Crippen molar-refractivity contribution >= 4 is 23.5 Å². The SMILES string of the molecule is CC(C)[C@@H](CO)Nc1nc(Cl)nc(N(C)C)n1. The summed E-state index contributed by atoms with van der Waals surface area (Å²) in [6.07, 6.45) is 0. The first-order valence-corrected chi connectivity index (χ1v) is 5.78. The zero-order chi connectivity index (χ0) is 13.0. The number of rotatable bonds is 5. The van der Waals surface area contributed by atoms with Crippen molar-refractivity contribution in [3.8, 4) is 0 Å². The van der Waals surface area contributed by atoms with Gasteiger partial charge in [-0.25, -0.2) is 0 Å². The number of hydrogen-bond acceptors (Lipinski definition) is 6. The molecule has 1 aromatic rings. The highest BCUT2D eigenvalue weighted by Gasteiger charge is 2.14. The van der Waals surface area contributed by atoms with Crippen LogP contribution in [0.3, 0.4) is 0 Å². The van der Waals surface area contributed by atoms with Crippen LogP contribution in [0.2, 0.25) is 5.28 Å². The van der Waals surface area contributed by atoms with Crippen molar-refractivity contribution in [3.05, 3.63) is 5.28 Å². The zero-order valence-electron chi connectivity index (χ0n) is 10.5. The van der Waals surface area contributed by atoms with E-state index in [1.54, 1.807) is 4.90 Å². The molecule has 0 aliphatic carbocycles. The summed E-state index contributed by atoms with van der Waals surface area (Å²) < 4.78 is 0. The summed E-state index contributed by atoms with van der Waals surface area (Å²) in [7, 11) is 3.64. The Labute approximate surface area is 106 Å². The van der Waals surface area contributed by atoms with Crippen molar-refractivity contribution in [1.29, 1.82) is 0 Å². The topological polar surface area (TPSA) is 74.2 Å². The second-order valence-electron chi connectivity index (χ2n) is 4.30. The fraction of sp³-hybridized carbons (Fsp3) is 0.700. The Morgan fingerprint density at radius 3 is 2.41 bits per heavy atom. The second kappa shape index (κ2) is 5.97. The van der Waals surface area contributed by atoms with E-state index in [0.29, 0.717) is 11.9 Å². The third-order valence-corrected chi connectivity index (χ3v) is 2.48. The minimum absolute atomic E-state index is 0.0122. The second-order valence-corrected chi connectivity index (χ2v) is 4.64. The molecule has 0 saturated heterocycles. The Bertz CT molecular complexity index is 372. The van der Waals surface area contributed by atoms with Crippen LogP contribution in [0.5, 0.6) is 0 Å². The summed E-state index contributed by atoms with van der Waals surface area (Å²) in [5.74, 6) is 1.12. The van der Waals surface area contributed by atoms with Gasteiger partial charge in [-0.3, -0.25) is 0 Å². The van der Waals surface area contributed by atoms with Crippen LogP contribution in [-0.2, 0) is 0 Å². The molecule has 0 spiro atoms. The molecule has 96 valence electrons. The lowest BCUT2D eigenvalue weighted by Crippen LogP contribution is -2.30. The number of nitrogens with one attached hydrogen (secondary N) is 1. The van der Waals surface area contributed by atoms with Crippen LogP contribution in [0, 0.1) is 5.92 Å². The van der Waals surface area contributed by atoms with E-state index in [1.165, 1.54) is 0 Å². The van der Waals surface area contributed by atoms with Crippen LogP contribution in [0.4, 0.5) is 11.9 Å². The molecule has 0 saturated carbocycles. The maximum atomic E-state index is 9.23. The third kappa shape index (κ3) is 3.98. The van der Waals surface area contributed by atoms with Crippen molar-refractivity contribution in [1.82, 2.24) is 15.0 Å². The molecule has 0 bridgehead atoms. The van der Waals surface area contributed by atoms with Gasteiger partial charge in [0.25, 0.3) is 0 Å². The summed E-state index contributed by atoms with van der Waals surface area (Å²) in [6, 6.07) is -0.108. The van der Waals surface area contributed by atoms with Crippen LogP contribution in [-0.4, -0.2) is 46.8 Å². The zero-order valence-corrected chi connectivity index (χ0v) is 11.2. The highest BCUT2D eigenvalue weighted by Crippen LogP contribution is 2.14. The summed E-state index contributed by atoms with van der Waals surface area (Å²) >= 11 is 5.81. The molecular weight excluding hydrogens is 242 g/mol. The quantitative estimate of drug-likeness (QED) is 0.823. The lowest BCUT2D eigenvalue weighted by atomic mass is 10.1. The number of hydrogen-bond donors (Lipinski definition) is 2. The maximum Gasteiger partial charge on any atom is 0.230 e. The number of nitrogens with zero attached hydrogens (tertiary/aromatic N) is 4. The molecule has 17 heavy (non-hydrogen) atoms. The average Bonchev–Trinajstić information content (AvgIpc) is 2.24. The molecule has 7 heteroatoms. The van der Waals surface area contributed by atoms with E-state index in [1.807, 2.05) is 27.9 Å². The first-order valence-electron chi connectivity index (χ1n) is 5.40. The van der Waals surface area contributed by atoms with Crippen LogP contribution < -0.4 is 10.2 Å². The lowest BCUT2D eigenvalue weighted by molar-refractivity contribution is 0.248. The fourth-order valence-corrected chi connectivity index (χ4v) is 1.35. The van der Waals surface area contributed by atoms with E-state index in [9.17, 15) is 5.11 Å². The fourth-order valence-electron chi connectivity index (χ4n) is 1.19. The smallest absolute Gasteiger partial charge is 0.230 e. The van der Waals surface area contributed by atoms with Gasteiger partial charge in [-0.05, 0) is 17.5 Å². The molecular formula is C10H18ClN5O. The molecule has 0 aliphatic heterocycles. The Morgan fingerprint density at radius 2 is 1.94 bits per heavy atom. The van der Waals surface area contributed by atoms with Crippen molar-refractivity contribution < 1.29 is 5.11 Å². The molecule has 0 unspecified atom stereocenters. The Hall–Kier alpha value is -1.14. The molecule has 1 aromatic heterocycles. The molecule has 0 fully saturated rings. The molecule has 0 aromatic carbocycles. The summed E-state index contributed by atoms with van der Waals surface area (Å²) in [6.45, 7) is 4.02. The van der Waals surface area contributed by atoms with E-state index in [4.69, 9.17) is 11.6 Å². The van der Waals surface area contributed by atoms with E-state index in [2.05, 4.69) is 20.3 Å². The van der Waals surface area contributed by atoms with Crippen molar-refractivity contribution in [2.24, 2.45) is 5.92 Å².